The van der Waals surface area contributed by atoms with Crippen LogP contribution in [0.25, 0.3) is 27.4 Å². The van der Waals surface area contributed by atoms with Crippen molar-refractivity contribution in [2.24, 2.45) is 11.3 Å². The van der Waals surface area contributed by atoms with Gasteiger partial charge in [-0.3, -0.25) is 15.2 Å². The summed E-state index contributed by atoms with van der Waals surface area (Å²) in [6.07, 6.45) is 5.98. The number of nitrogens with zero attached hydrogens (tertiary/aromatic N) is 6. The van der Waals surface area contributed by atoms with Crippen LogP contribution in [0, 0.1) is 21.4 Å². The Hall–Kier alpha value is -2.88. The first kappa shape index (κ1) is 17.2. The second-order valence-electron chi connectivity index (χ2n) is 8.33. The highest BCUT2D eigenvalue weighted by Gasteiger charge is 2.32. The van der Waals surface area contributed by atoms with Gasteiger partial charge in [0.2, 0.25) is 5.82 Å². The van der Waals surface area contributed by atoms with E-state index >= 15 is 0 Å². The fourth-order valence-electron chi connectivity index (χ4n) is 4.00. The van der Waals surface area contributed by atoms with Gasteiger partial charge in [-0.25, -0.2) is 14.5 Å². The molecule has 4 aromatic rings. The molecule has 28 heavy (non-hydrogen) atoms. The molecule has 0 saturated carbocycles. The fourth-order valence-corrected chi connectivity index (χ4v) is 5.26. The Labute approximate surface area is 164 Å². The summed E-state index contributed by atoms with van der Waals surface area (Å²) >= 11 is 1.73. The Bertz CT molecular complexity index is 1230. The number of nitro groups is 1. The second-order valence-corrected chi connectivity index (χ2v) is 9.41. The number of aromatic nitrogens is 6. The van der Waals surface area contributed by atoms with Gasteiger partial charge in [0.15, 0.2) is 11.3 Å². The van der Waals surface area contributed by atoms with Crippen LogP contribution >= 0.6 is 11.3 Å². The minimum Gasteiger partial charge on any atom is -0.268 e. The summed E-state index contributed by atoms with van der Waals surface area (Å²) in [5.74, 6) is 0.895. The number of fused-ring (bicyclic) bond motifs is 5. The highest BCUT2D eigenvalue weighted by atomic mass is 32.1. The maximum absolute atomic E-state index is 11.2. The molecule has 1 atom stereocenters. The Morgan fingerprint density at radius 2 is 2.21 bits per heavy atom. The monoisotopic (exact) mass is 397 g/mol. The summed E-state index contributed by atoms with van der Waals surface area (Å²) in [4.78, 5) is 22.2. The van der Waals surface area contributed by atoms with Crippen molar-refractivity contribution in [2.75, 3.05) is 0 Å². The SMILES string of the molecule is CC(C)(C)C1CCc2c(sc3ncn4nc(-c5[nH]ncc5[N+](=O)[O-])nc4c23)C1. The van der Waals surface area contributed by atoms with Crippen molar-refractivity contribution in [1.82, 2.24) is 29.8 Å². The van der Waals surface area contributed by atoms with E-state index in [4.69, 9.17) is 0 Å². The zero-order valence-corrected chi connectivity index (χ0v) is 16.6. The molecule has 0 aromatic carbocycles. The molecule has 0 saturated heterocycles. The molecule has 1 aliphatic carbocycles. The third kappa shape index (κ3) is 2.51. The van der Waals surface area contributed by atoms with Crippen LogP contribution in [0.3, 0.4) is 0 Å². The van der Waals surface area contributed by atoms with E-state index in [1.165, 1.54) is 16.6 Å². The highest BCUT2D eigenvalue weighted by Crippen LogP contribution is 2.43. The molecule has 1 unspecified atom stereocenters. The zero-order chi connectivity index (χ0) is 19.6. The van der Waals surface area contributed by atoms with Gasteiger partial charge in [0.25, 0.3) is 0 Å². The lowest BCUT2D eigenvalue weighted by Gasteiger charge is -2.33. The topological polar surface area (TPSA) is 115 Å². The van der Waals surface area contributed by atoms with Crippen molar-refractivity contribution in [3.63, 3.8) is 0 Å². The van der Waals surface area contributed by atoms with Crippen LogP contribution in [-0.4, -0.2) is 34.7 Å². The van der Waals surface area contributed by atoms with Crippen molar-refractivity contribution >= 4 is 32.9 Å². The van der Waals surface area contributed by atoms with Gasteiger partial charge in [-0.05, 0) is 36.2 Å². The van der Waals surface area contributed by atoms with Crippen LogP contribution in [0.4, 0.5) is 5.69 Å². The third-order valence-electron chi connectivity index (χ3n) is 5.65. The van der Waals surface area contributed by atoms with E-state index in [9.17, 15) is 10.1 Å². The maximum atomic E-state index is 11.2. The predicted octanol–water partition coefficient (Wildman–Crippen LogP) is 3.79. The Morgan fingerprint density at radius 3 is 2.96 bits per heavy atom. The van der Waals surface area contributed by atoms with Gasteiger partial charge in [-0.15, -0.1) is 16.4 Å². The fraction of sp³-hybridized carbons (Fsp3) is 0.444. The molecule has 0 fully saturated rings. The van der Waals surface area contributed by atoms with Gasteiger partial charge in [-0.1, -0.05) is 20.8 Å². The first-order chi connectivity index (χ1) is 13.3. The third-order valence-corrected chi connectivity index (χ3v) is 6.81. The molecule has 0 aliphatic heterocycles. The Kier molecular flexibility index (Phi) is 3.57. The molecule has 0 radical (unpaired) electrons. The molecule has 4 aromatic heterocycles. The molecule has 1 aliphatic rings. The predicted molar refractivity (Wildman–Crippen MR) is 105 cm³/mol. The van der Waals surface area contributed by atoms with Crippen LogP contribution in [0.15, 0.2) is 12.5 Å². The van der Waals surface area contributed by atoms with Crippen molar-refractivity contribution in [2.45, 2.75) is 40.0 Å². The van der Waals surface area contributed by atoms with Crippen molar-refractivity contribution < 1.29 is 4.92 Å². The van der Waals surface area contributed by atoms with E-state index in [2.05, 4.69) is 46.0 Å². The second kappa shape index (κ2) is 5.81. The number of aromatic amines is 1. The van der Waals surface area contributed by atoms with E-state index < -0.39 is 4.92 Å². The van der Waals surface area contributed by atoms with E-state index in [0.717, 1.165) is 29.5 Å². The van der Waals surface area contributed by atoms with Gasteiger partial charge in [0.05, 0.1) is 10.3 Å². The number of hydrogen-bond donors (Lipinski definition) is 1. The molecular weight excluding hydrogens is 378 g/mol. The lowest BCUT2D eigenvalue weighted by Crippen LogP contribution is -2.26. The van der Waals surface area contributed by atoms with E-state index in [0.29, 0.717) is 11.6 Å². The maximum Gasteiger partial charge on any atom is 0.318 e. The summed E-state index contributed by atoms with van der Waals surface area (Å²) in [7, 11) is 0. The largest absolute Gasteiger partial charge is 0.318 e. The molecule has 144 valence electrons. The standard InChI is InChI=1S/C18H19N7O2S/c1-18(2,3)9-4-5-10-12(6-9)28-17-13(10)16-21-15(23-24(16)8-19-17)14-11(25(26)27)7-20-22-14/h7-9H,4-6H2,1-3H3,(H,20,22). The summed E-state index contributed by atoms with van der Waals surface area (Å²) in [6, 6.07) is 0. The number of hydrogen-bond acceptors (Lipinski definition) is 7. The minimum atomic E-state index is -0.489. The van der Waals surface area contributed by atoms with E-state index in [1.807, 2.05) is 0 Å². The first-order valence-electron chi connectivity index (χ1n) is 9.16. The van der Waals surface area contributed by atoms with Crippen LogP contribution < -0.4 is 0 Å². The smallest absolute Gasteiger partial charge is 0.268 e. The molecule has 1 N–H and O–H groups in total. The van der Waals surface area contributed by atoms with E-state index in [-0.39, 0.29) is 22.6 Å². The quantitative estimate of drug-likeness (QED) is 0.406. The average Bonchev–Trinajstić information content (AvgIpc) is 3.34. The van der Waals surface area contributed by atoms with Gasteiger partial charge < -0.3 is 0 Å². The molecule has 5 rings (SSSR count). The van der Waals surface area contributed by atoms with Gasteiger partial charge in [-0.2, -0.15) is 5.10 Å². The normalized spacial score (nSPS) is 17.3. The van der Waals surface area contributed by atoms with Crippen molar-refractivity contribution in [3.05, 3.63) is 33.1 Å². The number of H-pyrrole nitrogens is 1. The van der Waals surface area contributed by atoms with Crippen LogP contribution in [0.2, 0.25) is 0 Å². The molecular formula is C18H19N7O2S. The summed E-state index contributed by atoms with van der Waals surface area (Å²) < 4.78 is 1.60. The molecule has 0 amide bonds. The van der Waals surface area contributed by atoms with Gasteiger partial charge in [0.1, 0.15) is 17.4 Å². The number of rotatable bonds is 2. The van der Waals surface area contributed by atoms with Crippen LogP contribution in [0.5, 0.6) is 0 Å². The van der Waals surface area contributed by atoms with Gasteiger partial charge in [0, 0.05) is 4.88 Å². The molecule has 10 heteroatoms. The number of thiophene rings is 1. The van der Waals surface area contributed by atoms with Crippen LogP contribution in [-0.2, 0) is 12.8 Å². The minimum absolute atomic E-state index is 0.138. The Morgan fingerprint density at radius 1 is 1.39 bits per heavy atom. The first-order valence-corrected chi connectivity index (χ1v) is 9.98. The highest BCUT2D eigenvalue weighted by molar-refractivity contribution is 7.19. The van der Waals surface area contributed by atoms with Crippen molar-refractivity contribution in [3.8, 4) is 11.5 Å². The van der Waals surface area contributed by atoms with Crippen molar-refractivity contribution in [1.29, 1.82) is 0 Å². The summed E-state index contributed by atoms with van der Waals surface area (Å²) in [5.41, 5.74) is 2.34. The van der Waals surface area contributed by atoms with Crippen LogP contribution in [0.1, 0.15) is 37.6 Å². The lowest BCUT2D eigenvalue weighted by molar-refractivity contribution is -0.384. The summed E-state index contributed by atoms with van der Waals surface area (Å²) in [5, 5.41) is 23.1. The summed E-state index contributed by atoms with van der Waals surface area (Å²) in [6.45, 7) is 6.90. The molecule has 0 bridgehead atoms. The average molecular weight is 397 g/mol. The van der Waals surface area contributed by atoms with E-state index in [1.54, 1.807) is 22.2 Å². The number of nitrogens with one attached hydrogen (secondary N) is 1. The zero-order valence-electron chi connectivity index (χ0n) is 15.8. The number of aryl methyl sites for hydroxylation is 1. The molecule has 4 heterocycles. The lowest BCUT2D eigenvalue weighted by atomic mass is 9.72. The van der Waals surface area contributed by atoms with Gasteiger partial charge >= 0.3 is 5.69 Å². The Balaban J connectivity index is 1.67. The molecule has 9 nitrogen and oxygen atoms in total. The molecule has 0 spiro atoms.